The minimum Gasteiger partial charge on any atom is -0.494 e. The van der Waals surface area contributed by atoms with Crippen LogP contribution in [0.5, 0.6) is 5.75 Å². The average molecular weight is 1080 g/mol. The van der Waals surface area contributed by atoms with Gasteiger partial charge < -0.3 is 35.1 Å². The van der Waals surface area contributed by atoms with Crippen LogP contribution in [-0.2, 0) is 31.8 Å². The molecule has 5 aliphatic rings. The zero-order chi connectivity index (χ0) is 51.4. The van der Waals surface area contributed by atoms with E-state index in [9.17, 15) is 18.9 Å². The van der Waals surface area contributed by atoms with Crippen molar-refractivity contribution in [2.24, 2.45) is 5.41 Å². The molecule has 15 nitrogen and oxygen atoms in total. The molecule has 5 aromatic rings. The maximum absolute atomic E-state index is 15.4. The Hall–Kier alpha value is -5.71. The van der Waals surface area contributed by atoms with E-state index in [0.717, 1.165) is 111 Å². The molecule has 3 aliphatic heterocycles. The molecule has 5 fully saturated rings. The summed E-state index contributed by atoms with van der Waals surface area (Å²) < 4.78 is 51.2. The number of carbonyl (C=O) groups excluding carboxylic acids is 3. The van der Waals surface area contributed by atoms with Gasteiger partial charge in [0.1, 0.15) is 30.3 Å². The molecule has 2 aliphatic carbocycles. The lowest BCUT2D eigenvalue weighted by atomic mass is 9.82. The van der Waals surface area contributed by atoms with Crippen LogP contribution in [0.3, 0.4) is 0 Å². The molecule has 3 saturated heterocycles. The SMILES string of the molecule is CCc1ccc2c(P(C)(C)=O)c(Nc3nc(Nc4cc(CC)c(N5CCC(N6CCN(C(=O)C78CCC(Nc9cc(F)c([C@H]%10CCC(=O)NC%10=O)c(F)c9)(CC7)C8)CC6)CC5)cc4OC)ncc3Br)ccc2n1. The van der Waals surface area contributed by atoms with Crippen molar-refractivity contribution in [2.45, 2.75) is 102 Å². The fraction of sp³-hybridized carbons (Fsp3) is 0.481. The topological polar surface area (TPSA) is 174 Å². The van der Waals surface area contributed by atoms with Crippen molar-refractivity contribution in [1.29, 1.82) is 0 Å². The van der Waals surface area contributed by atoms with Crippen molar-refractivity contribution in [3.63, 3.8) is 0 Å². The number of piperidine rings is 2. The van der Waals surface area contributed by atoms with Gasteiger partial charge in [-0.2, -0.15) is 4.98 Å². The number of benzene rings is 3. The van der Waals surface area contributed by atoms with E-state index in [1.165, 1.54) is 17.7 Å². The van der Waals surface area contributed by atoms with Gasteiger partial charge in [-0.15, -0.1) is 0 Å². The van der Waals surface area contributed by atoms with Gasteiger partial charge in [0.15, 0.2) is 0 Å². The number of rotatable bonds is 14. The standard InChI is InChI=1S/C54H64BrF2N10O5P/c1-6-32-26-43(61-52-58-30-38(55)49(63-52)60-42-12-11-41-36(48(42)73(4,5)71)9-8-33(7-2)59-41)45(72-3)29-44(32)66-20-14-35(15-21-66)65-22-24-67(25-23-65)51(70)53-16-18-54(31-53,19-17-53)64-34-27-39(56)47(40(57)28-34)37-10-13-46(68)62-50(37)69/h8-9,11-12,26-30,35,37,64H,6-7,10,13-25,31H2,1-5H3,(H,62,68,69)(H2,58,60,61,63)/t37-,53?,54?/m1/s1. The molecular weight excluding hydrogens is 1020 g/mol. The van der Waals surface area contributed by atoms with Crippen molar-refractivity contribution in [3.8, 4) is 5.75 Å². The molecule has 4 N–H and O–H groups in total. The number of aromatic nitrogens is 3. The monoisotopic (exact) mass is 1080 g/mol. The number of nitrogens with one attached hydrogen (secondary N) is 4. The number of ether oxygens (including phenoxy) is 1. The Labute approximate surface area is 433 Å². The molecule has 3 amide bonds. The molecule has 2 bridgehead atoms. The Kier molecular flexibility index (Phi) is 14.1. The third-order valence-corrected chi connectivity index (χ3v) is 18.3. The molecular formula is C54H64BrF2N10O5P. The molecule has 19 heteroatoms. The summed E-state index contributed by atoms with van der Waals surface area (Å²) in [6.45, 7) is 12.5. The number of aryl methyl sites for hydroxylation is 2. The lowest BCUT2D eigenvalue weighted by Crippen LogP contribution is -2.56. The van der Waals surface area contributed by atoms with E-state index in [2.05, 4.69) is 78.0 Å². The maximum atomic E-state index is 15.4. The maximum Gasteiger partial charge on any atom is 0.234 e. The largest absolute Gasteiger partial charge is 0.494 e. The summed E-state index contributed by atoms with van der Waals surface area (Å²) in [6.07, 6.45) is 8.92. The summed E-state index contributed by atoms with van der Waals surface area (Å²) in [7, 11) is -1.09. The third kappa shape index (κ3) is 10.0. The second kappa shape index (κ2) is 20.2. The number of imide groups is 1. The molecule has 0 radical (unpaired) electrons. The van der Waals surface area contributed by atoms with Crippen molar-refractivity contribution >= 4 is 91.5 Å². The molecule has 73 heavy (non-hydrogen) atoms. The summed E-state index contributed by atoms with van der Waals surface area (Å²) in [5.74, 6) is -2.05. The highest BCUT2D eigenvalue weighted by Gasteiger charge is 2.59. The number of hydrogen-bond acceptors (Lipinski definition) is 13. The summed E-state index contributed by atoms with van der Waals surface area (Å²) >= 11 is 3.63. The smallest absolute Gasteiger partial charge is 0.234 e. The first-order chi connectivity index (χ1) is 35.0. The number of pyridine rings is 1. The lowest BCUT2D eigenvalue weighted by Gasteiger charge is -2.45. The van der Waals surface area contributed by atoms with Crippen LogP contribution in [0, 0.1) is 17.0 Å². The number of methoxy groups -OCH3 is 1. The van der Waals surface area contributed by atoms with Crippen LogP contribution in [0.15, 0.2) is 59.2 Å². The Morgan fingerprint density at radius 1 is 0.890 bits per heavy atom. The van der Waals surface area contributed by atoms with E-state index in [-0.39, 0.29) is 24.3 Å². The van der Waals surface area contributed by atoms with Gasteiger partial charge in [0, 0.05) is 103 Å². The van der Waals surface area contributed by atoms with Crippen LogP contribution in [0.25, 0.3) is 10.9 Å². The van der Waals surface area contributed by atoms with Crippen molar-refractivity contribution in [2.75, 3.05) is 80.6 Å². The first kappa shape index (κ1) is 50.8. The number of fused-ring (bicyclic) bond motifs is 3. The number of nitrogens with zero attached hydrogens (tertiary/aromatic N) is 6. The molecule has 2 saturated carbocycles. The molecule has 10 rings (SSSR count). The zero-order valence-corrected chi connectivity index (χ0v) is 44.7. The van der Waals surface area contributed by atoms with Gasteiger partial charge in [0.05, 0.1) is 39.8 Å². The fourth-order valence-corrected chi connectivity index (χ4v) is 14.1. The second-order valence-corrected chi connectivity index (χ2v) is 25.0. The third-order valence-electron chi connectivity index (χ3n) is 16.1. The Balaban J connectivity index is 0.745. The predicted octanol–water partition coefficient (Wildman–Crippen LogP) is 9.38. The number of anilines is 6. The van der Waals surface area contributed by atoms with Gasteiger partial charge in [-0.05, 0) is 135 Å². The number of carbonyl (C=O) groups is 3. The van der Waals surface area contributed by atoms with E-state index in [1.54, 1.807) is 26.6 Å². The molecule has 0 spiro atoms. The van der Waals surface area contributed by atoms with Crippen LogP contribution in [-0.4, -0.2) is 114 Å². The number of piperazine rings is 1. The van der Waals surface area contributed by atoms with Crippen LogP contribution in [0.1, 0.15) is 94.4 Å². The summed E-state index contributed by atoms with van der Waals surface area (Å²) in [5.41, 5.74) is 4.60. The minimum absolute atomic E-state index is 0.0307. The Morgan fingerprint density at radius 3 is 2.27 bits per heavy atom. The first-order valence-corrected chi connectivity index (χ1v) is 29.0. The van der Waals surface area contributed by atoms with Crippen molar-refractivity contribution in [1.82, 2.24) is 30.1 Å². The molecule has 2 aromatic heterocycles. The summed E-state index contributed by atoms with van der Waals surface area (Å²) in [4.78, 5) is 59.6. The lowest BCUT2D eigenvalue weighted by molar-refractivity contribution is -0.144. The minimum atomic E-state index is -2.76. The van der Waals surface area contributed by atoms with Gasteiger partial charge >= 0.3 is 0 Å². The second-order valence-electron chi connectivity index (χ2n) is 21.0. The van der Waals surface area contributed by atoms with Crippen molar-refractivity contribution < 1.29 is 32.5 Å². The number of halogens is 3. The van der Waals surface area contributed by atoms with E-state index in [4.69, 9.17) is 14.7 Å². The molecule has 0 unspecified atom stereocenters. The highest BCUT2D eigenvalue weighted by atomic mass is 79.9. The van der Waals surface area contributed by atoms with Crippen molar-refractivity contribution in [3.05, 3.63) is 87.7 Å². The van der Waals surface area contributed by atoms with Crippen LogP contribution >= 0.6 is 23.1 Å². The average Bonchev–Trinajstić information content (AvgIpc) is 3.94. The van der Waals surface area contributed by atoms with Gasteiger partial charge in [-0.1, -0.05) is 19.9 Å². The quantitative estimate of drug-likeness (QED) is 0.0613. The molecule has 386 valence electrons. The zero-order valence-electron chi connectivity index (χ0n) is 42.2. The summed E-state index contributed by atoms with van der Waals surface area (Å²) in [6, 6.07) is 15.0. The molecule has 5 heterocycles. The Bertz CT molecular complexity index is 3020. The number of amides is 3. The van der Waals surface area contributed by atoms with Crippen LogP contribution < -0.4 is 36.2 Å². The fourth-order valence-electron chi connectivity index (χ4n) is 12.4. The first-order valence-electron chi connectivity index (χ1n) is 25.6. The normalized spacial score (nSPS) is 22.7. The molecule has 1 atom stereocenters. The van der Waals surface area contributed by atoms with Gasteiger partial charge in [-0.25, -0.2) is 13.8 Å². The predicted molar refractivity (Wildman–Crippen MR) is 286 cm³/mol. The van der Waals surface area contributed by atoms with E-state index in [1.807, 2.05) is 29.2 Å². The van der Waals surface area contributed by atoms with E-state index < -0.39 is 47.5 Å². The van der Waals surface area contributed by atoms with Gasteiger partial charge in [0.2, 0.25) is 23.7 Å². The van der Waals surface area contributed by atoms with Gasteiger partial charge in [0.25, 0.3) is 0 Å². The number of hydrogen-bond donors (Lipinski definition) is 4. The van der Waals surface area contributed by atoms with Gasteiger partial charge in [-0.3, -0.25) is 29.6 Å². The van der Waals surface area contributed by atoms with E-state index in [0.29, 0.717) is 58.9 Å². The van der Waals surface area contributed by atoms with Crippen LogP contribution in [0.2, 0.25) is 0 Å². The highest BCUT2D eigenvalue weighted by molar-refractivity contribution is 9.10. The highest BCUT2D eigenvalue weighted by Crippen LogP contribution is 2.58. The van der Waals surface area contributed by atoms with Crippen LogP contribution in [0.4, 0.5) is 43.3 Å². The van der Waals surface area contributed by atoms with E-state index >= 15 is 8.78 Å². The summed E-state index contributed by atoms with van der Waals surface area (Å²) in [5, 5.41) is 14.0. The molecule has 3 aromatic carbocycles. The Morgan fingerprint density at radius 2 is 1.62 bits per heavy atom.